The third-order valence-electron chi connectivity index (χ3n) is 6.39. The first-order chi connectivity index (χ1) is 13.6. The van der Waals surface area contributed by atoms with Gasteiger partial charge in [-0.2, -0.15) is 0 Å². The van der Waals surface area contributed by atoms with Crippen LogP contribution in [0.1, 0.15) is 30.0 Å². The average Bonchev–Trinajstić information content (AvgIpc) is 3.33. The number of amides is 1. The molecule has 0 bridgehead atoms. The molecule has 0 unspecified atom stereocenters. The lowest BCUT2D eigenvalue weighted by atomic mass is 10.0. The summed E-state index contributed by atoms with van der Waals surface area (Å²) in [7, 11) is 1.63. The quantitative estimate of drug-likeness (QED) is 0.884. The van der Waals surface area contributed by atoms with E-state index in [0.29, 0.717) is 19.6 Å². The zero-order valence-electron chi connectivity index (χ0n) is 15.9. The van der Waals surface area contributed by atoms with Gasteiger partial charge in [-0.25, -0.2) is 0 Å². The standard InChI is InChI=1S/C22H24N2O4/c1-27-19-8-7-17(25)11-16(19)13-23-10-9-22-20(23)12-21(26)24(22)18(14-28-22)15-5-3-2-4-6-15/h2-8,11,18,20,25H,9-10,12-14H2,1H3/t18-,20+,22-/m0/s1. The van der Waals surface area contributed by atoms with Crippen LogP contribution in [0.15, 0.2) is 48.5 Å². The molecule has 1 spiro atoms. The summed E-state index contributed by atoms with van der Waals surface area (Å²) in [6.45, 7) is 1.99. The Morgan fingerprint density at radius 2 is 2.07 bits per heavy atom. The summed E-state index contributed by atoms with van der Waals surface area (Å²) in [5.74, 6) is 1.12. The molecular formula is C22H24N2O4. The minimum atomic E-state index is -0.540. The molecule has 1 N–H and O–H groups in total. The molecule has 0 aromatic heterocycles. The van der Waals surface area contributed by atoms with Crippen molar-refractivity contribution < 1.29 is 19.4 Å². The Balaban J connectivity index is 1.43. The summed E-state index contributed by atoms with van der Waals surface area (Å²) in [5, 5.41) is 9.89. The largest absolute Gasteiger partial charge is 0.508 e. The molecule has 1 amide bonds. The highest BCUT2D eigenvalue weighted by atomic mass is 16.5. The van der Waals surface area contributed by atoms with E-state index < -0.39 is 5.72 Å². The first-order valence-electron chi connectivity index (χ1n) is 9.73. The molecule has 3 saturated heterocycles. The molecule has 5 rings (SSSR count). The molecule has 28 heavy (non-hydrogen) atoms. The maximum Gasteiger partial charge on any atom is 0.227 e. The molecule has 0 radical (unpaired) electrons. The number of carbonyl (C=O) groups is 1. The maximum absolute atomic E-state index is 13.0. The Hall–Kier alpha value is -2.57. The van der Waals surface area contributed by atoms with Crippen LogP contribution < -0.4 is 4.74 Å². The number of phenols is 1. The molecule has 146 valence electrons. The minimum Gasteiger partial charge on any atom is -0.508 e. The van der Waals surface area contributed by atoms with Gasteiger partial charge in [0.1, 0.15) is 11.5 Å². The van der Waals surface area contributed by atoms with Gasteiger partial charge in [0.15, 0.2) is 5.72 Å². The highest BCUT2D eigenvalue weighted by Crippen LogP contribution is 2.52. The minimum absolute atomic E-state index is 0.0146. The number of carbonyl (C=O) groups excluding carboxylic acids is 1. The number of methoxy groups -OCH3 is 1. The average molecular weight is 380 g/mol. The van der Waals surface area contributed by atoms with E-state index in [4.69, 9.17) is 9.47 Å². The van der Waals surface area contributed by atoms with Gasteiger partial charge in [0.2, 0.25) is 5.91 Å². The molecule has 6 heteroatoms. The second-order valence-corrected chi connectivity index (χ2v) is 7.78. The fourth-order valence-corrected chi connectivity index (χ4v) is 5.15. The van der Waals surface area contributed by atoms with Gasteiger partial charge in [0.05, 0.1) is 25.8 Å². The van der Waals surface area contributed by atoms with E-state index in [2.05, 4.69) is 17.0 Å². The molecule has 3 heterocycles. The van der Waals surface area contributed by atoms with Gasteiger partial charge in [-0.05, 0) is 23.8 Å². The van der Waals surface area contributed by atoms with Crippen LogP contribution in [0.4, 0.5) is 0 Å². The first kappa shape index (κ1) is 17.5. The number of likely N-dealkylation sites (tertiary alicyclic amines) is 1. The van der Waals surface area contributed by atoms with Gasteiger partial charge in [-0.1, -0.05) is 30.3 Å². The van der Waals surface area contributed by atoms with Gasteiger partial charge < -0.3 is 19.5 Å². The van der Waals surface area contributed by atoms with Crippen LogP contribution in [0.3, 0.4) is 0 Å². The van der Waals surface area contributed by atoms with E-state index >= 15 is 0 Å². The van der Waals surface area contributed by atoms with Gasteiger partial charge in [0.25, 0.3) is 0 Å². The van der Waals surface area contributed by atoms with E-state index in [1.807, 2.05) is 23.1 Å². The topological polar surface area (TPSA) is 62.2 Å². The number of hydrogen-bond acceptors (Lipinski definition) is 5. The van der Waals surface area contributed by atoms with Crippen LogP contribution >= 0.6 is 0 Å². The van der Waals surface area contributed by atoms with Crippen molar-refractivity contribution in [3.05, 3.63) is 59.7 Å². The van der Waals surface area contributed by atoms with Crippen LogP contribution in [-0.4, -0.2) is 52.8 Å². The summed E-state index contributed by atoms with van der Waals surface area (Å²) in [6.07, 6.45) is 1.26. The number of phenolic OH excluding ortho intramolecular Hbond substituents is 1. The van der Waals surface area contributed by atoms with Crippen molar-refractivity contribution in [2.24, 2.45) is 0 Å². The van der Waals surface area contributed by atoms with Crippen LogP contribution in [-0.2, 0) is 16.1 Å². The molecule has 6 nitrogen and oxygen atoms in total. The Morgan fingerprint density at radius 1 is 1.25 bits per heavy atom. The van der Waals surface area contributed by atoms with E-state index in [1.165, 1.54) is 0 Å². The van der Waals surface area contributed by atoms with Crippen molar-refractivity contribution in [2.45, 2.75) is 37.2 Å². The zero-order valence-corrected chi connectivity index (χ0v) is 15.9. The highest BCUT2D eigenvalue weighted by molar-refractivity contribution is 5.82. The molecule has 2 aromatic carbocycles. The van der Waals surface area contributed by atoms with E-state index in [-0.39, 0.29) is 23.7 Å². The maximum atomic E-state index is 13.0. The molecule has 3 aliphatic rings. The number of nitrogens with zero attached hydrogens (tertiary/aromatic N) is 2. The fraction of sp³-hybridized carbons (Fsp3) is 0.409. The van der Waals surface area contributed by atoms with Crippen molar-refractivity contribution in [3.63, 3.8) is 0 Å². The fourth-order valence-electron chi connectivity index (χ4n) is 5.15. The number of benzene rings is 2. The van der Waals surface area contributed by atoms with Gasteiger partial charge >= 0.3 is 0 Å². The summed E-state index contributed by atoms with van der Waals surface area (Å²) in [4.78, 5) is 17.3. The van der Waals surface area contributed by atoms with Crippen molar-refractivity contribution in [1.29, 1.82) is 0 Å². The summed E-state index contributed by atoms with van der Waals surface area (Å²) in [6, 6.07) is 15.3. The van der Waals surface area contributed by atoms with E-state index in [0.717, 1.165) is 29.8 Å². The Labute approximate surface area is 164 Å². The zero-order chi connectivity index (χ0) is 19.3. The highest BCUT2D eigenvalue weighted by Gasteiger charge is 2.64. The Kier molecular flexibility index (Phi) is 4.07. The van der Waals surface area contributed by atoms with Crippen molar-refractivity contribution >= 4 is 5.91 Å². The summed E-state index contributed by atoms with van der Waals surface area (Å²) in [5.41, 5.74) is 1.51. The second-order valence-electron chi connectivity index (χ2n) is 7.78. The van der Waals surface area contributed by atoms with Crippen LogP contribution in [0.2, 0.25) is 0 Å². The summed E-state index contributed by atoms with van der Waals surface area (Å²) >= 11 is 0. The number of aromatic hydroxyl groups is 1. The molecule has 3 atom stereocenters. The normalized spacial score (nSPS) is 29.2. The van der Waals surface area contributed by atoms with Crippen molar-refractivity contribution in [3.8, 4) is 11.5 Å². The predicted molar refractivity (Wildman–Crippen MR) is 103 cm³/mol. The van der Waals surface area contributed by atoms with Crippen LogP contribution in [0.5, 0.6) is 11.5 Å². The molecular weight excluding hydrogens is 356 g/mol. The SMILES string of the molecule is COc1ccc(O)cc1CN1CC[C@@]23OC[C@@H](c4ccccc4)N2C(=O)C[C@@H]13. The third-order valence-corrected chi connectivity index (χ3v) is 6.39. The van der Waals surface area contributed by atoms with Gasteiger partial charge in [-0.15, -0.1) is 0 Å². The number of rotatable bonds is 4. The first-order valence-corrected chi connectivity index (χ1v) is 9.73. The molecule has 3 aliphatic heterocycles. The lowest BCUT2D eigenvalue weighted by Gasteiger charge is -2.33. The van der Waals surface area contributed by atoms with Gasteiger partial charge in [0, 0.05) is 31.5 Å². The molecule has 2 aromatic rings. The molecule has 0 saturated carbocycles. The Bertz CT molecular complexity index is 903. The van der Waals surface area contributed by atoms with Crippen LogP contribution in [0, 0.1) is 0 Å². The predicted octanol–water partition coefficient (Wildman–Crippen LogP) is 2.68. The number of hydrogen-bond donors (Lipinski definition) is 1. The van der Waals surface area contributed by atoms with E-state index in [1.54, 1.807) is 25.3 Å². The van der Waals surface area contributed by atoms with Crippen molar-refractivity contribution in [2.75, 3.05) is 20.3 Å². The lowest BCUT2D eigenvalue weighted by Crippen LogP contribution is -2.48. The monoisotopic (exact) mass is 380 g/mol. The second kappa shape index (κ2) is 6.50. The number of ether oxygens (including phenoxy) is 2. The third kappa shape index (κ3) is 2.52. The van der Waals surface area contributed by atoms with Crippen molar-refractivity contribution in [1.82, 2.24) is 9.80 Å². The van der Waals surface area contributed by atoms with Gasteiger partial charge in [-0.3, -0.25) is 9.69 Å². The summed E-state index contributed by atoms with van der Waals surface area (Å²) < 4.78 is 11.8. The Morgan fingerprint density at radius 3 is 2.86 bits per heavy atom. The molecule has 0 aliphatic carbocycles. The van der Waals surface area contributed by atoms with Crippen LogP contribution in [0.25, 0.3) is 0 Å². The van der Waals surface area contributed by atoms with E-state index in [9.17, 15) is 9.90 Å². The lowest BCUT2D eigenvalue weighted by molar-refractivity contribution is -0.138. The smallest absolute Gasteiger partial charge is 0.227 e. The molecule has 3 fully saturated rings.